The highest BCUT2D eigenvalue weighted by Gasteiger charge is 2.06. The number of halogens is 1. The molecule has 0 saturated heterocycles. The van der Waals surface area contributed by atoms with Gasteiger partial charge in [-0.15, -0.1) is 11.3 Å². The van der Waals surface area contributed by atoms with Gasteiger partial charge in [-0.05, 0) is 24.6 Å². The normalized spacial score (nSPS) is 10.4. The first kappa shape index (κ1) is 12.6. The standard InChI is InChI=1S/C13H9BrS.C2H6/c1-8-3-2-4-11-10-6-5-9(14)7-12(10)15-13(8)11;1-2/h2-7H,1H3;1-2H3. The van der Waals surface area contributed by atoms with Crippen molar-refractivity contribution >= 4 is 47.4 Å². The summed E-state index contributed by atoms with van der Waals surface area (Å²) in [6.07, 6.45) is 0. The molecule has 1 heterocycles. The summed E-state index contributed by atoms with van der Waals surface area (Å²) in [6, 6.07) is 13.0. The van der Waals surface area contributed by atoms with Gasteiger partial charge in [-0.3, -0.25) is 0 Å². The zero-order valence-corrected chi connectivity index (χ0v) is 12.7. The van der Waals surface area contributed by atoms with Crippen LogP contribution in [0.4, 0.5) is 0 Å². The Morgan fingerprint density at radius 1 is 1.00 bits per heavy atom. The van der Waals surface area contributed by atoms with Crippen LogP contribution in [-0.2, 0) is 0 Å². The number of fused-ring (bicyclic) bond motifs is 3. The van der Waals surface area contributed by atoms with Gasteiger partial charge in [0.25, 0.3) is 0 Å². The Morgan fingerprint density at radius 3 is 2.53 bits per heavy atom. The zero-order valence-electron chi connectivity index (χ0n) is 10.3. The van der Waals surface area contributed by atoms with E-state index < -0.39 is 0 Å². The molecule has 0 bridgehead atoms. The highest BCUT2D eigenvalue weighted by atomic mass is 79.9. The van der Waals surface area contributed by atoms with Crippen LogP contribution in [0.3, 0.4) is 0 Å². The topological polar surface area (TPSA) is 0 Å². The summed E-state index contributed by atoms with van der Waals surface area (Å²) in [5, 5.41) is 2.74. The highest BCUT2D eigenvalue weighted by molar-refractivity contribution is 9.10. The van der Waals surface area contributed by atoms with Crippen LogP contribution in [0.5, 0.6) is 0 Å². The second-order valence-corrected chi connectivity index (χ2v) is 5.66. The van der Waals surface area contributed by atoms with Crippen LogP contribution in [0.25, 0.3) is 20.2 Å². The van der Waals surface area contributed by atoms with Crippen molar-refractivity contribution in [3.63, 3.8) is 0 Å². The summed E-state index contributed by atoms with van der Waals surface area (Å²) in [6.45, 7) is 6.17. The molecule has 0 unspecified atom stereocenters. The third-order valence-corrected chi connectivity index (χ3v) is 4.45. The molecular formula is C15H15BrS. The van der Waals surface area contributed by atoms with Gasteiger partial charge >= 0.3 is 0 Å². The highest BCUT2D eigenvalue weighted by Crippen LogP contribution is 2.36. The van der Waals surface area contributed by atoms with Crippen molar-refractivity contribution in [1.29, 1.82) is 0 Å². The van der Waals surface area contributed by atoms with Gasteiger partial charge in [0.1, 0.15) is 0 Å². The molecule has 17 heavy (non-hydrogen) atoms. The monoisotopic (exact) mass is 306 g/mol. The van der Waals surface area contributed by atoms with E-state index in [0.717, 1.165) is 4.47 Å². The Kier molecular flexibility index (Phi) is 3.85. The van der Waals surface area contributed by atoms with E-state index in [1.807, 2.05) is 25.2 Å². The maximum atomic E-state index is 3.51. The van der Waals surface area contributed by atoms with E-state index in [9.17, 15) is 0 Å². The van der Waals surface area contributed by atoms with Crippen LogP contribution in [-0.4, -0.2) is 0 Å². The van der Waals surface area contributed by atoms with Crippen LogP contribution >= 0.6 is 27.3 Å². The molecule has 0 nitrogen and oxygen atoms in total. The molecule has 2 heteroatoms. The van der Waals surface area contributed by atoms with Gasteiger partial charge in [0.2, 0.25) is 0 Å². The fourth-order valence-corrected chi connectivity index (χ4v) is 3.64. The molecular weight excluding hydrogens is 292 g/mol. The molecule has 0 aliphatic heterocycles. The molecule has 0 atom stereocenters. The maximum Gasteiger partial charge on any atom is 0.0384 e. The van der Waals surface area contributed by atoms with Crippen LogP contribution in [0.1, 0.15) is 19.4 Å². The van der Waals surface area contributed by atoms with E-state index in [1.165, 1.54) is 25.7 Å². The Morgan fingerprint density at radius 2 is 1.76 bits per heavy atom. The van der Waals surface area contributed by atoms with Crippen molar-refractivity contribution in [3.8, 4) is 0 Å². The molecule has 0 saturated carbocycles. The fourth-order valence-electron chi connectivity index (χ4n) is 1.91. The molecule has 0 amide bonds. The zero-order chi connectivity index (χ0) is 12.4. The summed E-state index contributed by atoms with van der Waals surface area (Å²) >= 11 is 5.39. The van der Waals surface area contributed by atoms with E-state index in [1.54, 1.807) is 0 Å². The van der Waals surface area contributed by atoms with Gasteiger partial charge in [0, 0.05) is 24.6 Å². The Labute approximate surface area is 114 Å². The third-order valence-electron chi connectivity index (χ3n) is 2.66. The lowest BCUT2D eigenvalue weighted by molar-refractivity contribution is 1.50. The molecule has 0 fully saturated rings. The number of rotatable bonds is 0. The molecule has 1 aromatic heterocycles. The average Bonchev–Trinajstić information content (AvgIpc) is 2.71. The smallest absolute Gasteiger partial charge is 0.0384 e. The van der Waals surface area contributed by atoms with Crippen LogP contribution in [0, 0.1) is 6.92 Å². The lowest BCUT2D eigenvalue weighted by Crippen LogP contribution is -1.70. The summed E-state index contributed by atoms with van der Waals surface area (Å²) in [5.41, 5.74) is 1.37. The van der Waals surface area contributed by atoms with Gasteiger partial charge in [-0.1, -0.05) is 54.0 Å². The average molecular weight is 307 g/mol. The summed E-state index contributed by atoms with van der Waals surface area (Å²) in [7, 11) is 0. The number of hydrogen-bond acceptors (Lipinski definition) is 1. The maximum absolute atomic E-state index is 3.51. The second-order valence-electron chi connectivity index (χ2n) is 3.69. The lowest BCUT2D eigenvalue weighted by Gasteiger charge is -1.94. The van der Waals surface area contributed by atoms with E-state index in [-0.39, 0.29) is 0 Å². The molecule has 3 aromatic rings. The Bertz CT molecular complexity index is 652. The molecule has 88 valence electrons. The first-order chi connectivity index (χ1) is 8.25. The lowest BCUT2D eigenvalue weighted by atomic mass is 10.1. The van der Waals surface area contributed by atoms with E-state index in [4.69, 9.17) is 0 Å². The summed E-state index contributed by atoms with van der Waals surface area (Å²) in [5.74, 6) is 0. The van der Waals surface area contributed by atoms with Gasteiger partial charge in [0.15, 0.2) is 0 Å². The molecule has 0 aliphatic rings. The van der Waals surface area contributed by atoms with E-state index in [0.29, 0.717) is 0 Å². The van der Waals surface area contributed by atoms with Crippen molar-refractivity contribution < 1.29 is 0 Å². The van der Waals surface area contributed by atoms with Crippen molar-refractivity contribution in [2.45, 2.75) is 20.8 Å². The van der Waals surface area contributed by atoms with Crippen LogP contribution in [0.2, 0.25) is 0 Å². The van der Waals surface area contributed by atoms with E-state index >= 15 is 0 Å². The van der Waals surface area contributed by atoms with E-state index in [2.05, 4.69) is 59.3 Å². The molecule has 0 radical (unpaired) electrons. The van der Waals surface area contributed by atoms with Gasteiger partial charge < -0.3 is 0 Å². The largest absolute Gasteiger partial charge is 0.135 e. The van der Waals surface area contributed by atoms with Gasteiger partial charge in [0.05, 0.1) is 0 Å². The third kappa shape index (κ3) is 2.24. The van der Waals surface area contributed by atoms with Crippen LogP contribution < -0.4 is 0 Å². The molecule has 0 spiro atoms. The summed E-state index contributed by atoms with van der Waals surface area (Å²) in [4.78, 5) is 0. The minimum absolute atomic E-state index is 1.15. The minimum atomic E-state index is 1.15. The number of hydrogen-bond donors (Lipinski definition) is 0. The van der Waals surface area contributed by atoms with Crippen molar-refractivity contribution in [2.24, 2.45) is 0 Å². The Hall–Kier alpha value is -0.860. The van der Waals surface area contributed by atoms with Crippen LogP contribution in [0.15, 0.2) is 40.9 Å². The molecule has 2 aromatic carbocycles. The summed E-state index contributed by atoms with van der Waals surface area (Å²) < 4.78 is 3.92. The Balaban J connectivity index is 0.000000514. The van der Waals surface area contributed by atoms with Gasteiger partial charge in [-0.2, -0.15) is 0 Å². The first-order valence-electron chi connectivity index (χ1n) is 5.83. The molecule has 0 aliphatic carbocycles. The molecule has 0 N–H and O–H groups in total. The van der Waals surface area contributed by atoms with Gasteiger partial charge in [-0.25, -0.2) is 0 Å². The predicted octanol–water partition coefficient (Wildman–Crippen LogP) is 6.15. The first-order valence-corrected chi connectivity index (χ1v) is 7.44. The van der Waals surface area contributed by atoms with Crippen molar-refractivity contribution in [3.05, 3.63) is 46.4 Å². The minimum Gasteiger partial charge on any atom is -0.135 e. The fraction of sp³-hybridized carbons (Fsp3) is 0.200. The molecule has 3 rings (SSSR count). The van der Waals surface area contributed by atoms with Crippen molar-refractivity contribution in [2.75, 3.05) is 0 Å². The van der Waals surface area contributed by atoms with Crippen molar-refractivity contribution in [1.82, 2.24) is 0 Å². The number of aryl methyl sites for hydroxylation is 1. The number of thiophene rings is 1. The SMILES string of the molecule is CC.Cc1cccc2c1sc1cc(Br)ccc12. The predicted molar refractivity (Wildman–Crippen MR) is 83.1 cm³/mol. The number of benzene rings is 2. The second kappa shape index (κ2) is 5.19. The quantitative estimate of drug-likeness (QED) is 0.467.